The Kier molecular flexibility index (Phi) is 3.83. The second-order valence-electron chi connectivity index (χ2n) is 3.24. The molecule has 0 bridgehead atoms. The molecule has 3 heteroatoms. The van der Waals surface area contributed by atoms with Crippen molar-refractivity contribution in [2.24, 2.45) is 5.92 Å². The lowest BCUT2D eigenvalue weighted by atomic mass is 9.90. The number of hydrogen-bond acceptors (Lipinski definition) is 3. The van der Waals surface area contributed by atoms with Gasteiger partial charge in [-0.3, -0.25) is 0 Å². The Balaban J connectivity index is 2.21. The second kappa shape index (κ2) is 4.70. The molecule has 0 aliphatic carbocycles. The van der Waals surface area contributed by atoms with Gasteiger partial charge in [0.25, 0.3) is 0 Å². The van der Waals surface area contributed by atoms with Gasteiger partial charge in [-0.2, -0.15) is 0 Å². The van der Waals surface area contributed by atoms with E-state index in [9.17, 15) is 0 Å². The minimum atomic E-state index is 0.224. The molecule has 0 spiro atoms. The lowest BCUT2D eigenvalue weighted by Crippen LogP contribution is -2.40. The van der Waals surface area contributed by atoms with Crippen LogP contribution in [-0.2, 0) is 0 Å². The van der Waals surface area contributed by atoms with Crippen LogP contribution in [0.3, 0.4) is 0 Å². The quantitative estimate of drug-likeness (QED) is 0.531. The highest BCUT2D eigenvalue weighted by Crippen LogP contribution is 2.18. The zero-order valence-electron chi connectivity index (χ0n) is 6.79. The monoisotopic (exact) mass is 159 g/mol. The van der Waals surface area contributed by atoms with Crippen LogP contribution in [-0.4, -0.2) is 36.0 Å². The fourth-order valence-corrected chi connectivity index (χ4v) is 1.68. The molecule has 3 N–H and O–H groups in total. The molecule has 0 saturated carbocycles. The highest BCUT2D eigenvalue weighted by molar-refractivity contribution is 4.77. The average Bonchev–Trinajstić information content (AvgIpc) is 2.06. The van der Waals surface area contributed by atoms with E-state index in [0.29, 0.717) is 5.92 Å². The first kappa shape index (κ1) is 8.97. The number of nitrogens with one attached hydrogen (secondary N) is 1. The summed E-state index contributed by atoms with van der Waals surface area (Å²) in [5.41, 5.74) is 0. The number of hydrogen-bond donors (Lipinski definition) is 3. The van der Waals surface area contributed by atoms with Crippen molar-refractivity contribution < 1.29 is 10.2 Å². The Bertz CT molecular complexity index is 106. The molecule has 0 aromatic carbocycles. The summed E-state index contributed by atoms with van der Waals surface area (Å²) < 4.78 is 0. The third kappa shape index (κ3) is 2.77. The van der Waals surface area contributed by atoms with Crippen molar-refractivity contribution in [1.29, 1.82) is 0 Å². The van der Waals surface area contributed by atoms with E-state index in [-0.39, 0.29) is 19.3 Å². The maximum absolute atomic E-state index is 8.85. The Hall–Kier alpha value is -0.120. The summed E-state index contributed by atoms with van der Waals surface area (Å²) in [6, 6.07) is 0.264. The van der Waals surface area contributed by atoms with Gasteiger partial charge >= 0.3 is 0 Å². The molecule has 0 aromatic rings. The molecule has 11 heavy (non-hydrogen) atoms. The molecule has 1 aliphatic rings. The zero-order chi connectivity index (χ0) is 8.10. The summed E-state index contributed by atoms with van der Waals surface area (Å²) in [5.74, 6) is 0.610. The molecular weight excluding hydrogens is 142 g/mol. The smallest absolute Gasteiger partial charge is 0.0584 e. The third-order valence-electron chi connectivity index (χ3n) is 2.36. The first-order valence-corrected chi connectivity index (χ1v) is 4.32. The van der Waals surface area contributed by atoms with E-state index < -0.39 is 0 Å². The third-order valence-corrected chi connectivity index (χ3v) is 2.36. The first-order valence-electron chi connectivity index (χ1n) is 4.32. The molecule has 1 heterocycles. The fraction of sp³-hybridized carbons (Fsp3) is 1.00. The van der Waals surface area contributed by atoms with Crippen molar-refractivity contribution in [1.82, 2.24) is 5.32 Å². The molecule has 1 fully saturated rings. The highest BCUT2D eigenvalue weighted by atomic mass is 16.3. The van der Waals surface area contributed by atoms with Crippen LogP contribution in [0.1, 0.15) is 19.3 Å². The first-order chi connectivity index (χ1) is 5.36. The summed E-state index contributed by atoms with van der Waals surface area (Å²) >= 11 is 0. The van der Waals surface area contributed by atoms with Crippen LogP contribution >= 0.6 is 0 Å². The van der Waals surface area contributed by atoms with Crippen LogP contribution in [0.5, 0.6) is 0 Å². The van der Waals surface area contributed by atoms with Gasteiger partial charge in [0, 0.05) is 12.6 Å². The predicted molar refractivity (Wildman–Crippen MR) is 43.3 cm³/mol. The van der Waals surface area contributed by atoms with Crippen molar-refractivity contribution in [3.63, 3.8) is 0 Å². The van der Waals surface area contributed by atoms with E-state index in [1.54, 1.807) is 0 Å². The summed E-state index contributed by atoms with van der Waals surface area (Å²) in [4.78, 5) is 0. The molecule has 2 unspecified atom stereocenters. The average molecular weight is 159 g/mol. The molecule has 0 amide bonds. The van der Waals surface area contributed by atoms with Gasteiger partial charge < -0.3 is 15.5 Å². The molecule has 0 aromatic heterocycles. The van der Waals surface area contributed by atoms with E-state index >= 15 is 0 Å². The van der Waals surface area contributed by atoms with Gasteiger partial charge in [-0.05, 0) is 31.7 Å². The number of aliphatic hydroxyl groups excluding tert-OH is 2. The van der Waals surface area contributed by atoms with Crippen molar-refractivity contribution in [3.05, 3.63) is 0 Å². The molecule has 1 aliphatic heterocycles. The Morgan fingerprint density at radius 3 is 2.82 bits per heavy atom. The van der Waals surface area contributed by atoms with Crippen molar-refractivity contribution in [2.45, 2.75) is 25.3 Å². The molecule has 1 saturated heterocycles. The summed E-state index contributed by atoms with van der Waals surface area (Å²) in [6.45, 7) is 1.49. The van der Waals surface area contributed by atoms with Crippen LogP contribution in [0.2, 0.25) is 0 Å². The van der Waals surface area contributed by atoms with E-state index in [1.165, 1.54) is 0 Å². The van der Waals surface area contributed by atoms with Gasteiger partial charge in [0.05, 0.1) is 6.61 Å². The predicted octanol–water partition coefficient (Wildman–Crippen LogP) is -0.271. The van der Waals surface area contributed by atoms with Gasteiger partial charge in [-0.1, -0.05) is 0 Å². The van der Waals surface area contributed by atoms with Crippen LogP contribution in [0.25, 0.3) is 0 Å². The number of piperidine rings is 1. The highest BCUT2D eigenvalue weighted by Gasteiger charge is 2.19. The van der Waals surface area contributed by atoms with Crippen molar-refractivity contribution in [3.8, 4) is 0 Å². The minimum Gasteiger partial charge on any atom is -0.396 e. The van der Waals surface area contributed by atoms with Crippen molar-refractivity contribution in [2.75, 3.05) is 19.8 Å². The largest absolute Gasteiger partial charge is 0.396 e. The Labute approximate surface area is 67.4 Å². The lowest BCUT2D eigenvalue weighted by molar-refractivity contribution is 0.170. The SMILES string of the molecule is OCCC1CCNC(CO)C1. The molecule has 3 nitrogen and oxygen atoms in total. The van der Waals surface area contributed by atoms with E-state index in [2.05, 4.69) is 5.32 Å². The van der Waals surface area contributed by atoms with E-state index in [1.807, 2.05) is 0 Å². The van der Waals surface area contributed by atoms with Gasteiger partial charge in [-0.15, -0.1) is 0 Å². The molecular formula is C8H17NO2. The Morgan fingerprint density at radius 1 is 1.36 bits per heavy atom. The standard InChI is InChI=1S/C8H17NO2/c10-4-2-7-1-3-9-8(5-7)6-11/h7-11H,1-6H2. The van der Waals surface area contributed by atoms with Crippen LogP contribution in [0.4, 0.5) is 0 Å². The van der Waals surface area contributed by atoms with Crippen LogP contribution in [0, 0.1) is 5.92 Å². The van der Waals surface area contributed by atoms with Crippen molar-refractivity contribution >= 4 is 0 Å². The zero-order valence-corrected chi connectivity index (χ0v) is 6.79. The minimum absolute atomic E-state index is 0.224. The van der Waals surface area contributed by atoms with E-state index in [4.69, 9.17) is 10.2 Å². The maximum Gasteiger partial charge on any atom is 0.0584 e. The van der Waals surface area contributed by atoms with Gasteiger partial charge in [0.1, 0.15) is 0 Å². The summed E-state index contributed by atoms with van der Waals surface area (Å²) in [5, 5.41) is 20.8. The van der Waals surface area contributed by atoms with Gasteiger partial charge in [0.2, 0.25) is 0 Å². The molecule has 1 rings (SSSR count). The molecule has 66 valence electrons. The lowest BCUT2D eigenvalue weighted by Gasteiger charge is -2.28. The normalized spacial score (nSPS) is 32.2. The van der Waals surface area contributed by atoms with Gasteiger partial charge in [0.15, 0.2) is 0 Å². The van der Waals surface area contributed by atoms with E-state index in [0.717, 1.165) is 25.8 Å². The number of aliphatic hydroxyl groups is 2. The summed E-state index contributed by atoms with van der Waals surface area (Å²) in [7, 11) is 0. The number of rotatable bonds is 3. The molecule has 0 radical (unpaired) electrons. The van der Waals surface area contributed by atoms with Gasteiger partial charge in [-0.25, -0.2) is 0 Å². The van der Waals surface area contributed by atoms with Crippen LogP contribution in [0.15, 0.2) is 0 Å². The second-order valence-corrected chi connectivity index (χ2v) is 3.24. The Morgan fingerprint density at radius 2 is 2.18 bits per heavy atom. The maximum atomic E-state index is 8.85. The molecule has 2 atom stereocenters. The summed E-state index contributed by atoms with van der Waals surface area (Å²) in [6.07, 6.45) is 3.03. The topological polar surface area (TPSA) is 52.5 Å². The fourth-order valence-electron chi connectivity index (χ4n) is 1.68. The van der Waals surface area contributed by atoms with Crippen LogP contribution < -0.4 is 5.32 Å².